The highest BCUT2D eigenvalue weighted by Gasteiger charge is 2.22. The first kappa shape index (κ1) is 24.6. The van der Waals surface area contributed by atoms with Gasteiger partial charge in [-0.2, -0.15) is 5.26 Å². The van der Waals surface area contributed by atoms with Gasteiger partial charge in [0.2, 0.25) is 0 Å². The number of nitrogens with zero attached hydrogens (tertiary/aromatic N) is 1. The molecule has 2 aromatic rings. The van der Waals surface area contributed by atoms with Crippen molar-refractivity contribution in [3.05, 3.63) is 58.9 Å². The Hall–Kier alpha value is -3.01. The van der Waals surface area contributed by atoms with Crippen LogP contribution in [-0.4, -0.2) is 12.6 Å². The third-order valence-electron chi connectivity index (χ3n) is 6.17. The van der Waals surface area contributed by atoms with Crippen LogP contribution in [0.5, 0.6) is 11.5 Å². The van der Waals surface area contributed by atoms with Gasteiger partial charge in [0.15, 0.2) is 0 Å². The second-order valence-corrected chi connectivity index (χ2v) is 8.60. The lowest BCUT2D eigenvalue weighted by molar-refractivity contribution is 0.0729. The van der Waals surface area contributed by atoms with Crippen molar-refractivity contribution >= 4 is 5.97 Å². The molecule has 0 bridgehead atoms. The number of ether oxygens (including phenoxy) is 2. The average Bonchev–Trinajstić information content (AvgIpc) is 2.78. The molecule has 7 heteroatoms. The summed E-state index contributed by atoms with van der Waals surface area (Å²) in [6, 6.07) is 6.57. The third-order valence-corrected chi connectivity index (χ3v) is 6.17. The van der Waals surface area contributed by atoms with Crippen molar-refractivity contribution in [2.24, 2.45) is 11.8 Å². The smallest absolute Gasteiger partial charge is 0.346 e. The minimum absolute atomic E-state index is 0.310. The molecule has 0 radical (unpaired) electrons. The molecule has 1 saturated carbocycles. The van der Waals surface area contributed by atoms with E-state index in [2.05, 4.69) is 6.92 Å². The summed E-state index contributed by atoms with van der Waals surface area (Å²) in [5.74, 6) is -3.21. The summed E-state index contributed by atoms with van der Waals surface area (Å²) < 4.78 is 52.5. The van der Waals surface area contributed by atoms with Gasteiger partial charge in [0.25, 0.3) is 0 Å². The largest absolute Gasteiger partial charge is 0.493 e. The molecule has 2 aromatic carbocycles. The topological polar surface area (TPSA) is 59.3 Å². The van der Waals surface area contributed by atoms with Crippen LogP contribution in [-0.2, 0) is 0 Å². The number of hydrogen-bond donors (Lipinski definition) is 0. The number of hydrogen-bond acceptors (Lipinski definition) is 4. The lowest BCUT2D eigenvalue weighted by Crippen LogP contribution is -2.20. The number of rotatable bonds is 9. The Balaban J connectivity index is 1.52. The number of nitriles is 1. The van der Waals surface area contributed by atoms with E-state index in [0.717, 1.165) is 24.8 Å². The van der Waals surface area contributed by atoms with Gasteiger partial charge >= 0.3 is 5.97 Å². The van der Waals surface area contributed by atoms with E-state index in [0.29, 0.717) is 30.4 Å². The molecular weight excluding hydrogens is 431 g/mol. The molecule has 176 valence electrons. The van der Waals surface area contributed by atoms with Crippen LogP contribution in [0, 0.1) is 40.6 Å². The van der Waals surface area contributed by atoms with E-state index in [1.165, 1.54) is 56.7 Å². The van der Waals surface area contributed by atoms with E-state index in [1.807, 2.05) is 0 Å². The van der Waals surface area contributed by atoms with Crippen molar-refractivity contribution in [1.82, 2.24) is 0 Å². The first-order valence-corrected chi connectivity index (χ1v) is 11.4. The molecule has 0 aliphatic heterocycles. The predicted octanol–water partition coefficient (Wildman–Crippen LogP) is 6.96. The van der Waals surface area contributed by atoms with Crippen molar-refractivity contribution in [2.75, 3.05) is 6.61 Å². The molecule has 0 spiro atoms. The molecule has 0 atom stereocenters. The van der Waals surface area contributed by atoms with Crippen LogP contribution in [0.3, 0.4) is 0 Å². The van der Waals surface area contributed by atoms with E-state index in [9.17, 15) is 18.0 Å². The number of halogens is 3. The van der Waals surface area contributed by atoms with E-state index in [-0.39, 0.29) is 5.56 Å². The fourth-order valence-electron chi connectivity index (χ4n) is 4.21. The van der Waals surface area contributed by atoms with Gasteiger partial charge < -0.3 is 9.47 Å². The maximum atomic E-state index is 14.5. The number of carbonyl (C=O) groups excluding carboxylic acids is 1. The van der Waals surface area contributed by atoms with Gasteiger partial charge in [-0.15, -0.1) is 0 Å². The summed E-state index contributed by atoms with van der Waals surface area (Å²) in [5, 5.41) is 8.69. The zero-order valence-corrected chi connectivity index (χ0v) is 18.7. The Kier molecular flexibility index (Phi) is 8.76. The summed E-state index contributed by atoms with van der Waals surface area (Å²) in [4.78, 5) is 12.2. The summed E-state index contributed by atoms with van der Waals surface area (Å²) in [5.41, 5.74) is -1.17. The van der Waals surface area contributed by atoms with Gasteiger partial charge in [-0.05, 0) is 36.8 Å². The van der Waals surface area contributed by atoms with Crippen LogP contribution >= 0.6 is 0 Å². The van der Waals surface area contributed by atoms with Crippen LogP contribution in [0.1, 0.15) is 74.2 Å². The van der Waals surface area contributed by atoms with Gasteiger partial charge in [0.05, 0.1) is 12.2 Å². The third kappa shape index (κ3) is 6.74. The van der Waals surface area contributed by atoms with Gasteiger partial charge in [0, 0.05) is 18.2 Å². The fourth-order valence-corrected chi connectivity index (χ4v) is 4.21. The molecule has 4 nitrogen and oxygen atoms in total. The monoisotopic (exact) mass is 459 g/mol. The van der Waals surface area contributed by atoms with Crippen LogP contribution in [0.15, 0.2) is 30.3 Å². The molecule has 3 rings (SSSR count). The fraction of sp³-hybridized carbons (Fsp3) is 0.462. The van der Waals surface area contributed by atoms with Crippen LogP contribution in [0.2, 0.25) is 0 Å². The van der Waals surface area contributed by atoms with E-state index in [4.69, 9.17) is 14.7 Å². The summed E-state index contributed by atoms with van der Waals surface area (Å²) in [6.07, 6.45) is 9.73. The van der Waals surface area contributed by atoms with Crippen LogP contribution in [0.4, 0.5) is 13.2 Å². The Morgan fingerprint density at radius 1 is 0.970 bits per heavy atom. The second kappa shape index (κ2) is 11.7. The van der Waals surface area contributed by atoms with E-state index < -0.39 is 34.7 Å². The minimum Gasteiger partial charge on any atom is -0.493 e. The SMILES string of the molecule is CCCCCC1CCC(COc2ccc(C(=O)Oc3cc(F)c(C#N)c(F)c3)c(F)c2)CC1. The molecule has 0 N–H and O–H groups in total. The molecule has 0 saturated heterocycles. The number of esters is 1. The lowest BCUT2D eigenvalue weighted by Gasteiger charge is -2.28. The molecule has 1 aliphatic rings. The first-order valence-electron chi connectivity index (χ1n) is 11.4. The van der Waals surface area contributed by atoms with Crippen molar-refractivity contribution < 1.29 is 27.4 Å². The highest BCUT2D eigenvalue weighted by Crippen LogP contribution is 2.32. The molecule has 0 amide bonds. The molecule has 1 aliphatic carbocycles. The number of unbranched alkanes of at least 4 members (excludes halogenated alkanes) is 2. The van der Waals surface area contributed by atoms with Crippen molar-refractivity contribution in [2.45, 2.75) is 58.3 Å². The molecule has 0 aromatic heterocycles. The first-order chi connectivity index (χ1) is 15.9. The molecule has 0 unspecified atom stereocenters. The van der Waals surface area contributed by atoms with Crippen molar-refractivity contribution in [3.8, 4) is 17.6 Å². The van der Waals surface area contributed by atoms with Gasteiger partial charge in [-0.1, -0.05) is 45.4 Å². The van der Waals surface area contributed by atoms with Crippen LogP contribution in [0.25, 0.3) is 0 Å². The maximum absolute atomic E-state index is 14.5. The number of benzene rings is 2. The minimum atomic E-state index is -1.17. The van der Waals surface area contributed by atoms with E-state index >= 15 is 0 Å². The Morgan fingerprint density at radius 2 is 1.61 bits per heavy atom. The quantitative estimate of drug-likeness (QED) is 0.231. The molecule has 0 heterocycles. The molecular formula is C26H28F3NO3. The molecule has 1 fully saturated rings. The average molecular weight is 460 g/mol. The molecule has 33 heavy (non-hydrogen) atoms. The Labute approximate surface area is 192 Å². The van der Waals surface area contributed by atoms with Crippen molar-refractivity contribution in [1.29, 1.82) is 5.26 Å². The zero-order chi connectivity index (χ0) is 23.8. The summed E-state index contributed by atoms with van der Waals surface area (Å²) in [7, 11) is 0. The van der Waals surface area contributed by atoms with Gasteiger partial charge in [0.1, 0.15) is 40.6 Å². The van der Waals surface area contributed by atoms with E-state index in [1.54, 1.807) is 0 Å². The zero-order valence-electron chi connectivity index (χ0n) is 18.7. The normalized spacial score (nSPS) is 17.9. The lowest BCUT2D eigenvalue weighted by atomic mass is 9.80. The Bertz CT molecular complexity index is 987. The maximum Gasteiger partial charge on any atom is 0.346 e. The van der Waals surface area contributed by atoms with Crippen LogP contribution < -0.4 is 9.47 Å². The highest BCUT2D eigenvalue weighted by molar-refractivity contribution is 5.91. The summed E-state index contributed by atoms with van der Waals surface area (Å²) >= 11 is 0. The standard InChI is InChI=1S/C26H28F3NO3/c1-2-3-4-5-17-6-8-18(9-7-17)16-32-19-10-11-21(23(27)12-19)26(31)33-20-13-24(28)22(15-30)25(29)14-20/h10-14,17-18H,2-9,16H2,1H3. The van der Waals surface area contributed by atoms with Gasteiger partial charge in [-0.3, -0.25) is 0 Å². The predicted molar refractivity (Wildman–Crippen MR) is 118 cm³/mol. The highest BCUT2D eigenvalue weighted by atomic mass is 19.1. The van der Waals surface area contributed by atoms with Crippen molar-refractivity contribution in [3.63, 3.8) is 0 Å². The Morgan fingerprint density at radius 3 is 2.21 bits per heavy atom. The number of carbonyl (C=O) groups is 1. The summed E-state index contributed by atoms with van der Waals surface area (Å²) in [6.45, 7) is 2.71. The second-order valence-electron chi connectivity index (χ2n) is 8.60. The van der Waals surface area contributed by atoms with Gasteiger partial charge in [-0.25, -0.2) is 18.0 Å².